The molecule has 0 aliphatic carbocycles. The molecule has 0 saturated carbocycles. The molecule has 0 aromatic carbocycles. The summed E-state index contributed by atoms with van der Waals surface area (Å²) in [6, 6.07) is 0. The molecule has 0 amide bonds. The quantitative estimate of drug-likeness (QED) is 0.368. The molecule has 0 aliphatic heterocycles. The van der Waals surface area contributed by atoms with E-state index in [4.69, 9.17) is 0 Å². The third-order valence-electron chi connectivity index (χ3n) is 0. The first-order valence-corrected chi connectivity index (χ1v) is 0. The molecule has 0 spiro atoms. The van der Waals surface area contributed by atoms with E-state index in [0.29, 0.717) is 0 Å². The van der Waals surface area contributed by atoms with Crippen molar-refractivity contribution < 1.29 is 35.8 Å². The fourth-order valence-corrected chi connectivity index (χ4v) is 0. The minimum absolute atomic E-state index is 0. The molecule has 0 fully saturated rings. The largest absolute Gasteiger partial charge is 4.00 e. The van der Waals surface area contributed by atoms with Crippen LogP contribution in [0.15, 0.2) is 0 Å². The van der Waals surface area contributed by atoms with Crippen molar-refractivity contribution in [3.05, 3.63) is 0 Å². The molecular weight excluding hydrogens is 222 g/mol. The number of rotatable bonds is 0. The standard InChI is InChI=1S/2ClH.2H2O.Sn/h2*1H;2*1H2;/q;;;;+4/p-2. The van der Waals surface area contributed by atoms with Gasteiger partial charge in [-0.2, -0.15) is 0 Å². The summed E-state index contributed by atoms with van der Waals surface area (Å²) in [5.41, 5.74) is 0. The molecule has 4 N–H and O–H groups in total. The van der Waals surface area contributed by atoms with E-state index in [1.165, 1.54) is 0 Å². The first kappa shape index (κ1) is 105. The maximum atomic E-state index is 0. The molecule has 0 saturated heterocycles. The zero-order chi connectivity index (χ0) is 0. The monoisotopic (exact) mass is 226 g/mol. The van der Waals surface area contributed by atoms with E-state index in [0.717, 1.165) is 0 Å². The zero-order valence-electron chi connectivity index (χ0n) is 2.26. The summed E-state index contributed by atoms with van der Waals surface area (Å²) in [6.07, 6.45) is 0. The van der Waals surface area contributed by atoms with Crippen LogP contribution >= 0.6 is 0 Å². The van der Waals surface area contributed by atoms with Gasteiger partial charge in [-0.1, -0.05) is 0 Å². The van der Waals surface area contributed by atoms with Crippen LogP contribution in [0.25, 0.3) is 0 Å². The molecule has 5 heteroatoms. The van der Waals surface area contributed by atoms with Crippen LogP contribution in [0.5, 0.6) is 0 Å². The predicted molar refractivity (Wildman–Crippen MR) is 13.0 cm³/mol. The summed E-state index contributed by atoms with van der Waals surface area (Å²) in [5.74, 6) is 0. The average Bonchev–Trinajstić information content (AvgIpc) is 0. The SMILES string of the molecule is O.O.[Cl-].[Cl-].[Sn+4]. The third-order valence-corrected chi connectivity index (χ3v) is 0. The Labute approximate surface area is 59.7 Å². The van der Waals surface area contributed by atoms with Gasteiger partial charge in [0.1, 0.15) is 0 Å². The van der Waals surface area contributed by atoms with Gasteiger partial charge in [-0.05, 0) is 0 Å². The van der Waals surface area contributed by atoms with Gasteiger partial charge in [-0.25, -0.2) is 0 Å². The van der Waals surface area contributed by atoms with Gasteiger partial charge in [0.25, 0.3) is 0 Å². The fourth-order valence-electron chi connectivity index (χ4n) is 0. The first-order valence-electron chi connectivity index (χ1n) is 0. The summed E-state index contributed by atoms with van der Waals surface area (Å²) in [7, 11) is 0. The molecule has 0 atom stereocenters. The average molecular weight is 226 g/mol. The van der Waals surface area contributed by atoms with Crippen molar-refractivity contribution in [2.75, 3.05) is 0 Å². The van der Waals surface area contributed by atoms with E-state index >= 15 is 0 Å². The van der Waals surface area contributed by atoms with Crippen molar-refractivity contribution in [3.8, 4) is 0 Å². The van der Waals surface area contributed by atoms with Crippen LogP contribution in [-0.2, 0) is 0 Å². The summed E-state index contributed by atoms with van der Waals surface area (Å²) in [4.78, 5) is 0. The Hall–Kier alpha value is 1.30. The maximum absolute atomic E-state index is 0. The van der Waals surface area contributed by atoms with E-state index in [2.05, 4.69) is 0 Å². The summed E-state index contributed by atoms with van der Waals surface area (Å²) in [6.45, 7) is 0. The summed E-state index contributed by atoms with van der Waals surface area (Å²) in [5, 5.41) is 0. The van der Waals surface area contributed by atoms with Crippen LogP contribution in [0, 0.1) is 0 Å². The Morgan fingerprint density at radius 1 is 0.600 bits per heavy atom. The topological polar surface area (TPSA) is 63.0 Å². The van der Waals surface area contributed by atoms with Crippen molar-refractivity contribution >= 4 is 23.9 Å². The molecule has 5 heavy (non-hydrogen) atoms. The van der Waals surface area contributed by atoms with E-state index in [1.807, 2.05) is 0 Å². The fraction of sp³-hybridized carbons (Fsp3) is 0. The minimum atomic E-state index is 0. The maximum Gasteiger partial charge on any atom is 4.00 e. The summed E-state index contributed by atoms with van der Waals surface area (Å²) < 4.78 is 0. The van der Waals surface area contributed by atoms with Crippen LogP contribution < -0.4 is 24.8 Å². The van der Waals surface area contributed by atoms with Gasteiger partial charge in [-0.3, -0.25) is 0 Å². The van der Waals surface area contributed by atoms with Crippen molar-refractivity contribution in [2.45, 2.75) is 0 Å². The molecule has 0 aromatic rings. The van der Waals surface area contributed by atoms with Gasteiger partial charge in [0.05, 0.1) is 0 Å². The predicted octanol–water partition coefficient (Wildman–Crippen LogP) is -8.02. The first-order chi connectivity index (χ1) is 0. The van der Waals surface area contributed by atoms with Gasteiger partial charge in [-0.15, -0.1) is 0 Å². The third kappa shape index (κ3) is 34.2. The number of hydrogen-bond acceptors (Lipinski definition) is 0. The molecule has 2 nitrogen and oxygen atoms in total. The molecule has 0 unspecified atom stereocenters. The second-order valence-corrected chi connectivity index (χ2v) is 0. The molecular formula is H4Cl2O2Sn+2. The minimum Gasteiger partial charge on any atom is -1.00 e. The Bertz CT molecular complexity index is 7.61. The van der Waals surface area contributed by atoms with Gasteiger partial charge in [0, 0.05) is 0 Å². The van der Waals surface area contributed by atoms with Gasteiger partial charge >= 0.3 is 23.9 Å². The van der Waals surface area contributed by atoms with Gasteiger partial charge < -0.3 is 35.8 Å². The molecule has 0 radical (unpaired) electrons. The second-order valence-electron chi connectivity index (χ2n) is 0. The molecule has 0 aliphatic rings. The van der Waals surface area contributed by atoms with Crippen molar-refractivity contribution in [1.82, 2.24) is 0 Å². The zero-order valence-corrected chi connectivity index (χ0v) is 6.62. The van der Waals surface area contributed by atoms with Crippen LogP contribution in [0.1, 0.15) is 0 Å². The van der Waals surface area contributed by atoms with Crippen molar-refractivity contribution in [2.24, 2.45) is 0 Å². The summed E-state index contributed by atoms with van der Waals surface area (Å²) >= 11 is 0. The Balaban J connectivity index is 0. The van der Waals surface area contributed by atoms with Crippen LogP contribution in [-0.4, -0.2) is 34.9 Å². The van der Waals surface area contributed by atoms with Gasteiger partial charge in [0.2, 0.25) is 0 Å². The normalized spacial score (nSPS) is 0. The molecule has 32 valence electrons. The van der Waals surface area contributed by atoms with Gasteiger partial charge in [0.15, 0.2) is 0 Å². The molecule has 0 heterocycles. The van der Waals surface area contributed by atoms with Crippen LogP contribution in [0.2, 0.25) is 0 Å². The Morgan fingerprint density at radius 3 is 0.600 bits per heavy atom. The Morgan fingerprint density at radius 2 is 0.600 bits per heavy atom. The van der Waals surface area contributed by atoms with E-state index in [9.17, 15) is 0 Å². The van der Waals surface area contributed by atoms with E-state index < -0.39 is 0 Å². The number of hydrogen-bond donors (Lipinski definition) is 0. The smallest absolute Gasteiger partial charge is 1.00 e. The Kier molecular flexibility index (Phi) is 1220. The van der Waals surface area contributed by atoms with Crippen LogP contribution in [0.4, 0.5) is 0 Å². The molecule has 0 rings (SSSR count). The van der Waals surface area contributed by atoms with Crippen molar-refractivity contribution in [3.63, 3.8) is 0 Å². The van der Waals surface area contributed by atoms with E-state index in [-0.39, 0.29) is 59.7 Å². The second kappa shape index (κ2) is 58.1. The van der Waals surface area contributed by atoms with E-state index in [1.54, 1.807) is 0 Å². The number of halogens is 2. The van der Waals surface area contributed by atoms with Crippen LogP contribution in [0.3, 0.4) is 0 Å². The van der Waals surface area contributed by atoms with Crippen molar-refractivity contribution in [1.29, 1.82) is 0 Å². The molecule has 0 bridgehead atoms. The molecule has 0 aromatic heterocycles.